The molecule has 0 saturated heterocycles. The molecule has 1 saturated carbocycles. The monoisotopic (exact) mass is 273 g/mol. The van der Waals surface area contributed by atoms with Crippen LogP contribution in [0.3, 0.4) is 0 Å². The maximum Gasteiger partial charge on any atom is 0.321 e. The van der Waals surface area contributed by atoms with Gasteiger partial charge in [0.2, 0.25) is 5.82 Å². The Kier molecular flexibility index (Phi) is 3.34. The molecule has 0 unspecified atom stereocenters. The number of benzene rings is 1. The van der Waals surface area contributed by atoms with E-state index in [2.05, 4.69) is 22.4 Å². The van der Waals surface area contributed by atoms with E-state index in [9.17, 15) is 0 Å². The normalized spacial score (nSPS) is 15.9. The molecule has 1 N–H and O–H groups in total. The Hall–Kier alpha value is -2.04. The van der Waals surface area contributed by atoms with Crippen LogP contribution in [-0.2, 0) is 0 Å². The summed E-state index contributed by atoms with van der Waals surface area (Å²) in [5, 5.41) is 7.25. The Labute approximate surface area is 118 Å². The van der Waals surface area contributed by atoms with Crippen LogP contribution in [0.1, 0.15) is 26.2 Å². The van der Waals surface area contributed by atoms with E-state index >= 15 is 0 Å². The molecule has 0 spiro atoms. The molecule has 0 bridgehead atoms. The third-order valence-corrected chi connectivity index (χ3v) is 4.08. The summed E-state index contributed by atoms with van der Waals surface area (Å²) < 4.78 is 10.4. The number of nitrogens with one attached hydrogen (secondary N) is 1. The van der Waals surface area contributed by atoms with Gasteiger partial charge in [0.1, 0.15) is 5.75 Å². The lowest BCUT2D eigenvalue weighted by atomic mass is 10.0. The number of anilines is 1. The van der Waals surface area contributed by atoms with Crippen LogP contribution in [-0.4, -0.2) is 23.8 Å². The first kappa shape index (κ1) is 13.0. The smallest absolute Gasteiger partial charge is 0.321 e. The Morgan fingerprint density at radius 3 is 2.95 bits per heavy atom. The number of aromatic nitrogens is 2. The van der Waals surface area contributed by atoms with E-state index in [0.29, 0.717) is 17.3 Å². The SMILES string of the molecule is CCC1(CNc2nc(-c3cccc(OC)c3)no2)CC1. The van der Waals surface area contributed by atoms with Gasteiger partial charge in [0.15, 0.2) is 0 Å². The minimum atomic E-state index is 0.449. The van der Waals surface area contributed by atoms with Crippen molar-refractivity contribution in [3.8, 4) is 17.1 Å². The zero-order valence-electron chi connectivity index (χ0n) is 11.8. The van der Waals surface area contributed by atoms with Crippen molar-refractivity contribution in [1.29, 1.82) is 0 Å². The highest BCUT2D eigenvalue weighted by Crippen LogP contribution is 2.48. The van der Waals surface area contributed by atoms with Crippen molar-refractivity contribution in [2.75, 3.05) is 19.0 Å². The lowest BCUT2D eigenvalue weighted by Crippen LogP contribution is -2.14. The summed E-state index contributed by atoms with van der Waals surface area (Å²) in [6.45, 7) is 3.13. The van der Waals surface area contributed by atoms with E-state index in [1.165, 1.54) is 19.3 Å². The average molecular weight is 273 g/mol. The van der Waals surface area contributed by atoms with Gasteiger partial charge in [-0.15, -0.1) is 0 Å². The van der Waals surface area contributed by atoms with Gasteiger partial charge in [-0.05, 0) is 36.8 Å². The topological polar surface area (TPSA) is 60.2 Å². The number of rotatable bonds is 6. The molecule has 1 fully saturated rings. The zero-order chi connectivity index (χ0) is 14.0. The number of ether oxygens (including phenoxy) is 1. The van der Waals surface area contributed by atoms with E-state index in [0.717, 1.165) is 17.9 Å². The van der Waals surface area contributed by atoms with E-state index < -0.39 is 0 Å². The van der Waals surface area contributed by atoms with Crippen molar-refractivity contribution < 1.29 is 9.26 Å². The van der Waals surface area contributed by atoms with Gasteiger partial charge < -0.3 is 14.6 Å². The molecule has 20 heavy (non-hydrogen) atoms. The second-order valence-electron chi connectivity index (χ2n) is 5.36. The number of nitrogens with zero attached hydrogens (tertiary/aromatic N) is 2. The maximum atomic E-state index is 5.25. The molecule has 1 aliphatic carbocycles. The molecule has 1 aromatic heterocycles. The summed E-state index contributed by atoms with van der Waals surface area (Å²) in [4.78, 5) is 4.38. The number of methoxy groups -OCH3 is 1. The van der Waals surface area contributed by atoms with Gasteiger partial charge in [0.25, 0.3) is 0 Å². The summed E-state index contributed by atoms with van der Waals surface area (Å²) in [7, 11) is 1.64. The molecular weight excluding hydrogens is 254 g/mol. The van der Waals surface area contributed by atoms with Crippen molar-refractivity contribution >= 4 is 6.01 Å². The van der Waals surface area contributed by atoms with Gasteiger partial charge in [-0.2, -0.15) is 4.98 Å². The lowest BCUT2D eigenvalue weighted by molar-refractivity contribution is 0.414. The molecule has 0 atom stereocenters. The summed E-state index contributed by atoms with van der Waals surface area (Å²) in [6.07, 6.45) is 3.76. The Bertz CT molecular complexity index is 590. The van der Waals surface area contributed by atoms with Crippen molar-refractivity contribution in [3.05, 3.63) is 24.3 Å². The third kappa shape index (κ3) is 2.61. The summed E-state index contributed by atoms with van der Waals surface area (Å²) in [5.41, 5.74) is 1.34. The highest BCUT2D eigenvalue weighted by Gasteiger charge is 2.40. The van der Waals surface area contributed by atoms with E-state index in [1.54, 1.807) is 7.11 Å². The van der Waals surface area contributed by atoms with Crippen molar-refractivity contribution in [2.45, 2.75) is 26.2 Å². The van der Waals surface area contributed by atoms with Crippen LogP contribution in [0.4, 0.5) is 6.01 Å². The molecule has 106 valence electrons. The van der Waals surface area contributed by atoms with Crippen molar-refractivity contribution in [1.82, 2.24) is 10.1 Å². The van der Waals surface area contributed by atoms with E-state index in [1.807, 2.05) is 24.3 Å². The Morgan fingerprint density at radius 2 is 2.25 bits per heavy atom. The number of hydrogen-bond acceptors (Lipinski definition) is 5. The van der Waals surface area contributed by atoms with Crippen LogP contribution in [0, 0.1) is 5.41 Å². The second-order valence-corrected chi connectivity index (χ2v) is 5.36. The minimum Gasteiger partial charge on any atom is -0.497 e. The maximum absolute atomic E-state index is 5.25. The molecule has 1 heterocycles. The fourth-order valence-electron chi connectivity index (χ4n) is 2.27. The fourth-order valence-corrected chi connectivity index (χ4v) is 2.27. The molecule has 1 aliphatic rings. The molecule has 1 aromatic carbocycles. The van der Waals surface area contributed by atoms with Gasteiger partial charge in [0, 0.05) is 12.1 Å². The largest absolute Gasteiger partial charge is 0.497 e. The quantitative estimate of drug-likeness (QED) is 0.874. The Morgan fingerprint density at radius 1 is 1.40 bits per heavy atom. The van der Waals surface area contributed by atoms with Gasteiger partial charge in [-0.1, -0.05) is 24.2 Å². The minimum absolute atomic E-state index is 0.449. The standard InChI is InChI=1S/C15H19N3O2/c1-3-15(7-8-15)10-16-14-17-13(18-20-14)11-5-4-6-12(9-11)19-2/h4-6,9H,3,7-8,10H2,1-2H3,(H,16,17,18). The highest BCUT2D eigenvalue weighted by molar-refractivity contribution is 5.57. The van der Waals surface area contributed by atoms with Gasteiger partial charge in [-0.25, -0.2) is 0 Å². The van der Waals surface area contributed by atoms with E-state index in [4.69, 9.17) is 9.26 Å². The van der Waals surface area contributed by atoms with E-state index in [-0.39, 0.29) is 0 Å². The average Bonchev–Trinajstić information content (AvgIpc) is 3.14. The first-order valence-corrected chi connectivity index (χ1v) is 6.97. The summed E-state index contributed by atoms with van der Waals surface area (Å²) in [5.74, 6) is 1.36. The fraction of sp³-hybridized carbons (Fsp3) is 0.467. The van der Waals surface area contributed by atoms with Crippen LogP contribution in [0.2, 0.25) is 0 Å². The molecule has 0 aliphatic heterocycles. The third-order valence-electron chi connectivity index (χ3n) is 4.08. The first-order valence-electron chi connectivity index (χ1n) is 6.97. The summed E-state index contributed by atoms with van der Waals surface area (Å²) >= 11 is 0. The molecule has 0 amide bonds. The van der Waals surface area contributed by atoms with Crippen LogP contribution in [0.15, 0.2) is 28.8 Å². The molecule has 5 heteroatoms. The molecule has 3 rings (SSSR count). The van der Waals surface area contributed by atoms with Gasteiger partial charge in [0.05, 0.1) is 7.11 Å². The molecule has 0 radical (unpaired) electrons. The van der Waals surface area contributed by atoms with Crippen molar-refractivity contribution in [3.63, 3.8) is 0 Å². The van der Waals surface area contributed by atoms with Crippen molar-refractivity contribution in [2.24, 2.45) is 5.41 Å². The predicted octanol–water partition coefficient (Wildman–Crippen LogP) is 3.35. The Balaban J connectivity index is 1.69. The van der Waals surface area contributed by atoms with Crippen LogP contribution >= 0.6 is 0 Å². The lowest BCUT2D eigenvalue weighted by Gasteiger charge is -2.10. The zero-order valence-corrected chi connectivity index (χ0v) is 11.8. The predicted molar refractivity (Wildman–Crippen MR) is 76.7 cm³/mol. The van der Waals surface area contributed by atoms with Crippen LogP contribution < -0.4 is 10.1 Å². The summed E-state index contributed by atoms with van der Waals surface area (Å²) in [6, 6.07) is 8.12. The number of hydrogen-bond donors (Lipinski definition) is 1. The molecule has 5 nitrogen and oxygen atoms in total. The van der Waals surface area contributed by atoms with Gasteiger partial charge >= 0.3 is 6.01 Å². The highest BCUT2D eigenvalue weighted by atomic mass is 16.5. The second kappa shape index (κ2) is 5.15. The first-order chi connectivity index (χ1) is 9.74. The van der Waals surface area contributed by atoms with Crippen LogP contribution in [0.5, 0.6) is 5.75 Å². The molecule has 2 aromatic rings. The molecular formula is C15H19N3O2. The van der Waals surface area contributed by atoms with Gasteiger partial charge in [-0.3, -0.25) is 0 Å². The van der Waals surface area contributed by atoms with Crippen LogP contribution in [0.25, 0.3) is 11.4 Å².